The van der Waals surface area contributed by atoms with Gasteiger partial charge >= 0.3 is 6.36 Å². The molecule has 3 heterocycles. The fourth-order valence-corrected chi connectivity index (χ4v) is 4.00. The molecule has 10 heteroatoms. The third kappa shape index (κ3) is 4.10. The molecule has 1 N–H and O–H groups in total. The van der Waals surface area contributed by atoms with E-state index in [-0.39, 0.29) is 17.0 Å². The van der Waals surface area contributed by atoms with Gasteiger partial charge < -0.3 is 14.3 Å². The quantitative estimate of drug-likeness (QED) is 0.379. The predicted molar refractivity (Wildman–Crippen MR) is 118 cm³/mol. The molecule has 0 saturated carbocycles. The number of nitrogens with zero attached hydrogens (tertiary/aromatic N) is 2. The van der Waals surface area contributed by atoms with Crippen LogP contribution >= 0.6 is 0 Å². The summed E-state index contributed by atoms with van der Waals surface area (Å²) >= 11 is 0. The number of ketones is 1. The van der Waals surface area contributed by atoms with E-state index in [2.05, 4.69) is 9.72 Å². The van der Waals surface area contributed by atoms with Crippen molar-refractivity contribution in [3.8, 4) is 5.75 Å². The minimum Gasteiger partial charge on any atom is -0.503 e. The Hall–Kier alpha value is -4.60. The zero-order valence-corrected chi connectivity index (χ0v) is 17.7. The van der Waals surface area contributed by atoms with Crippen LogP contribution < -0.4 is 9.64 Å². The van der Waals surface area contributed by atoms with Crippen LogP contribution in [0.3, 0.4) is 0 Å². The molecule has 2 aromatic heterocycles. The second-order valence-corrected chi connectivity index (χ2v) is 7.64. The van der Waals surface area contributed by atoms with E-state index in [1.807, 2.05) is 0 Å². The number of fused-ring (bicyclic) bond motifs is 1. The number of hydrogen-bond donors (Lipinski definition) is 1. The average Bonchev–Trinajstić information content (AvgIpc) is 3.38. The molecule has 2 aromatic carbocycles. The zero-order valence-electron chi connectivity index (χ0n) is 17.7. The molecule has 1 atom stereocenters. The number of pyridine rings is 1. The van der Waals surface area contributed by atoms with Gasteiger partial charge in [0, 0.05) is 23.5 Å². The number of aliphatic hydroxyl groups is 1. The number of hydrogen-bond acceptors (Lipinski definition) is 6. The molecule has 0 fully saturated rings. The summed E-state index contributed by atoms with van der Waals surface area (Å²) in [4.78, 5) is 31.7. The summed E-state index contributed by atoms with van der Waals surface area (Å²) in [5, 5.41) is 11.4. The lowest BCUT2D eigenvalue weighted by Crippen LogP contribution is -2.31. The van der Waals surface area contributed by atoms with Gasteiger partial charge in [-0.2, -0.15) is 0 Å². The Balaban J connectivity index is 1.58. The van der Waals surface area contributed by atoms with Crippen LogP contribution in [0.5, 0.6) is 5.75 Å². The summed E-state index contributed by atoms with van der Waals surface area (Å²) in [6.45, 7) is 0. The van der Waals surface area contributed by atoms with Gasteiger partial charge in [-0.3, -0.25) is 19.5 Å². The molecule has 5 rings (SSSR count). The van der Waals surface area contributed by atoms with E-state index >= 15 is 0 Å². The van der Waals surface area contributed by atoms with E-state index in [9.17, 15) is 27.9 Å². The van der Waals surface area contributed by atoms with Gasteiger partial charge in [0.1, 0.15) is 11.3 Å². The number of ether oxygens (including phenoxy) is 1. The summed E-state index contributed by atoms with van der Waals surface area (Å²) in [6.07, 6.45) is -1.97. The maximum Gasteiger partial charge on any atom is 0.573 e. The molecule has 0 saturated heterocycles. The van der Waals surface area contributed by atoms with Gasteiger partial charge in [-0.15, -0.1) is 13.2 Å². The van der Waals surface area contributed by atoms with Crippen molar-refractivity contribution in [3.63, 3.8) is 0 Å². The number of carbonyl (C=O) groups excluding carboxylic acids is 2. The topological polar surface area (TPSA) is 92.9 Å². The Bertz CT molecular complexity index is 1430. The van der Waals surface area contributed by atoms with Crippen LogP contribution in [0, 0.1) is 0 Å². The highest BCUT2D eigenvalue weighted by molar-refractivity contribution is 6.20. The van der Waals surface area contributed by atoms with E-state index in [4.69, 9.17) is 4.42 Å². The first-order chi connectivity index (χ1) is 16.7. The summed E-state index contributed by atoms with van der Waals surface area (Å²) < 4.78 is 47.2. The normalized spacial score (nSPS) is 16.3. The Morgan fingerprint density at radius 1 is 1.03 bits per heavy atom. The number of anilines is 1. The molecule has 1 aliphatic heterocycles. The molecule has 0 bridgehead atoms. The maximum absolute atomic E-state index is 13.5. The number of aliphatic hydroxyl groups excluding tert-OH is 1. The van der Waals surface area contributed by atoms with Crippen LogP contribution in [0.25, 0.3) is 11.0 Å². The van der Waals surface area contributed by atoms with Crippen LogP contribution in [0.2, 0.25) is 0 Å². The van der Waals surface area contributed by atoms with Gasteiger partial charge in [-0.25, -0.2) is 0 Å². The van der Waals surface area contributed by atoms with Gasteiger partial charge in [0.25, 0.3) is 5.91 Å². The minimum atomic E-state index is -4.88. The molecule has 1 unspecified atom stereocenters. The summed E-state index contributed by atoms with van der Waals surface area (Å²) in [7, 11) is 0. The summed E-state index contributed by atoms with van der Waals surface area (Å²) in [5.74, 6) is -2.93. The first-order valence-corrected chi connectivity index (χ1v) is 10.3. The van der Waals surface area contributed by atoms with E-state index < -0.39 is 35.6 Å². The Morgan fingerprint density at radius 2 is 1.71 bits per heavy atom. The van der Waals surface area contributed by atoms with Gasteiger partial charge in [0.05, 0.1) is 11.6 Å². The van der Waals surface area contributed by atoms with Crippen molar-refractivity contribution in [3.05, 3.63) is 102 Å². The van der Waals surface area contributed by atoms with E-state index in [1.54, 1.807) is 36.4 Å². The molecular weight excluding hydrogens is 465 g/mol. The zero-order chi connectivity index (χ0) is 24.7. The second kappa shape index (κ2) is 8.32. The third-order valence-electron chi connectivity index (χ3n) is 5.47. The van der Waals surface area contributed by atoms with Crippen molar-refractivity contribution >= 4 is 28.3 Å². The number of rotatable bonds is 5. The minimum absolute atomic E-state index is 0.0737. The number of para-hydroxylation sites is 1. The van der Waals surface area contributed by atoms with Gasteiger partial charge in [-0.1, -0.05) is 18.2 Å². The SMILES string of the molecule is O=C(C1=C(O)C(=O)N(c2ccc(OC(F)(F)F)cc2)C1c1ccncc1)c1cc2ccccc2o1. The van der Waals surface area contributed by atoms with Crippen LogP contribution in [-0.4, -0.2) is 28.1 Å². The van der Waals surface area contributed by atoms with Crippen molar-refractivity contribution < 1.29 is 37.0 Å². The number of benzene rings is 2. The lowest BCUT2D eigenvalue weighted by Gasteiger charge is -2.26. The van der Waals surface area contributed by atoms with Crippen LogP contribution in [0.1, 0.15) is 22.2 Å². The highest BCUT2D eigenvalue weighted by atomic mass is 19.4. The number of carbonyl (C=O) groups is 2. The van der Waals surface area contributed by atoms with Gasteiger partial charge in [0.15, 0.2) is 11.5 Å². The first-order valence-electron chi connectivity index (χ1n) is 10.3. The van der Waals surface area contributed by atoms with Gasteiger partial charge in [0.2, 0.25) is 5.78 Å². The molecule has 35 heavy (non-hydrogen) atoms. The highest BCUT2D eigenvalue weighted by Crippen LogP contribution is 2.42. The van der Waals surface area contributed by atoms with Gasteiger partial charge in [-0.05, 0) is 54.1 Å². The van der Waals surface area contributed by atoms with Crippen molar-refractivity contribution in [2.75, 3.05) is 4.90 Å². The molecule has 7 nitrogen and oxygen atoms in total. The van der Waals surface area contributed by atoms with Crippen molar-refractivity contribution in [2.24, 2.45) is 0 Å². The maximum atomic E-state index is 13.5. The molecule has 176 valence electrons. The largest absolute Gasteiger partial charge is 0.573 e. The lowest BCUT2D eigenvalue weighted by molar-refractivity contribution is -0.274. The Morgan fingerprint density at radius 3 is 2.37 bits per heavy atom. The van der Waals surface area contributed by atoms with E-state index in [0.29, 0.717) is 16.5 Å². The number of alkyl halides is 3. The second-order valence-electron chi connectivity index (χ2n) is 7.64. The fraction of sp³-hybridized carbons (Fsp3) is 0.0800. The van der Waals surface area contributed by atoms with Crippen molar-refractivity contribution in [1.29, 1.82) is 0 Å². The number of furan rings is 1. The number of halogens is 3. The number of Topliss-reactive ketones (excluding diaryl/α,β-unsaturated/α-hetero) is 1. The van der Waals surface area contributed by atoms with E-state index in [0.717, 1.165) is 17.0 Å². The smallest absolute Gasteiger partial charge is 0.503 e. The molecular formula is C25H15F3N2O5. The Labute approximate surface area is 195 Å². The molecule has 1 aliphatic rings. The van der Waals surface area contributed by atoms with Crippen LogP contribution in [-0.2, 0) is 4.79 Å². The van der Waals surface area contributed by atoms with Crippen molar-refractivity contribution in [2.45, 2.75) is 12.4 Å². The number of amides is 1. The molecule has 1 amide bonds. The Kier molecular flexibility index (Phi) is 5.28. The fourth-order valence-electron chi connectivity index (χ4n) is 4.00. The first kappa shape index (κ1) is 22.2. The predicted octanol–water partition coefficient (Wildman–Crippen LogP) is 5.51. The third-order valence-corrected chi connectivity index (χ3v) is 5.47. The summed E-state index contributed by atoms with van der Waals surface area (Å²) in [5.41, 5.74) is 0.825. The molecule has 0 radical (unpaired) electrons. The number of aromatic nitrogens is 1. The van der Waals surface area contributed by atoms with E-state index in [1.165, 1.54) is 30.6 Å². The van der Waals surface area contributed by atoms with Crippen LogP contribution in [0.15, 0.2) is 94.9 Å². The molecule has 4 aromatic rings. The molecule has 0 spiro atoms. The highest BCUT2D eigenvalue weighted by Gasteiger charge is 2.45. The monoisotopic (exact) mass is 480 g/mol. The summed E-state index contributed by atoms with van der Waals surface area (Å²) in [6, 6.07) is 15.0. The van der Waals surface area contributed by atoms with Crippen molar-refractivity contribution in [1.82, 2.24) is 4.98 Å². The van der Waals surface area contributed by atoms with Crippen LogP contribution in [0.4, 0.5) is 18.9 Å². The standard InChI is InChI=1S/C25H15F3N2O5/c26-25(27,28)35-17-7-5-16(6-8-17)30-21(14-9-11-29-12-10-14)20(23(32)24(30)33)22(31)19-13-15-3-1-2-4-18(15)34-19/h1-13,21,32H. The molecule has 0 aliphatic carbocycles. The lowest BCUT2D eigenvalue weighted by atomic mass is 9.95. The average molecular weight is 480 g/mol.